The molecule has 1 unspecified atom stereocenters. The number of carbonyl (C=O) groups is 2. The van der Waals surface area contributed by atoms with Crippen LogP contribution in [0.25, 0.3) is 0 Å². The minimum absolute atomic E-state index is 0.0739. The van der Waals surface area contributed by atoms with Crippen LogP contribution in [-0.4, -0.2) is 42.5 Å². The molecule has 26 heavy (non-hydrogen) atoms. The number of hydrogen-bond donors (Lipinski definition) is 1. The predicted molar refractivity (Wildman–Crippen MR) is 103 cm³/mol. The van der Waals surface area contributed by atoms with Crippen molar-refractivity contribution < 1.29 is 14.3 Å². The Bertz CT molecular complexity index is 617. The van der Waals surface area contributed by atoms with Gasteiger partial charge in [-0.1, -0.05) is 20.8 Å². The molecule has 5 heteroatoms. The third kappa shape index (κ3) is 5.75. The van der Waals surface area contributed by atoms with E-state index in [1.807, 2.05) is 51.7 Å². The van der Waals surface area contributed by atoms with E-state index in [1.165, 1.54) is 0 Å². The van der Waals surface area contributed by atoms with Gasteiger partial charge in [0.25, 0.3) is 5.91 Å². The van der Waals surface area contributed by atoms with E-state index in [-0.39, 0.29) is 23.3 Å². The maximum Gasteiger partial charge on any atom is 0.251 e. The molecule has 144 valence electrons. The van der Waals surface area contributed by atoms with Gasteiger partial charge in [-0.15, -0.1) is 0 Å². The van der Waals surface area contributed by atoms with E-state index in [1.54, 1.807) is 12.1 Å². The second-order valence-corrected chi connectivity index (χ2v) is 8.47. The third-order valence-electron chi connectivity index (χ3n) is 4.47. The molecular formula is C21H32N2O3. The van der Waals surface area contributed by atoms with Gasteiger partial charge in [0.2, 0.25) is 5.91 Å². The van der Waals surface area contributed by atoms with E-state index in [0.717, 1.165) is 31.7 Å². The number of nitrogens with one attached hydrogen (secondary N) is 1. The Morgan fingerprint density at radius 1 is 1.23 bits per heavy atom. The number of likely N-dealkylation sites (tertiary alicyclic amines) is 1. The quantitative estimate of drug-likeness (QED) is 0.874. The second kappa shape index (κ2) is 8.56. The zero-order valence-corrected chi connectivity index (χ0v) is 16.7. The summed E-state index contributed by atoms with van der Waals surface area (Å²) in [5.74, 6) is 1.24. The molecule has 0 bridgehead atoms. The van der Waals surface area contributed by atoms with E-state index in [0.29, 0.717) is 18.1 Å². The molecule has 1 aliphatic rings. The van der Waals surface area contributed by atoms with E-state index in [9.17, 15) is 9.59 Å². The maximum atomic E-state index is 12.5. The Kier molecular flexibility index (Phi) is 6.68. The van der Waals surface area contributed by atoms with Crippen LogP contribution in [0, 0.1) is 11.3 Å². The first kappa shape index (κ1) is 20.3. The van der Waals surface area contributed by atoms with Crippen molar-refractivity contribution in [1.29, 1.82) is 0 Å². The number of hydrogen-bond acceptors (Lipinski definition) is 3. The smallest absolute Gasteiger partial charge is 0.251 e. The minimum atomic E-state index is -0.338. The van der Waals surface area contributed by atoms with Crippen LogP contribution in [-0.2, 0) is 4.79 Å². The number of ether oxygens (including phenoxy) is 1. The molecular weight excluding hydrogens is 328 g/mol. The lowest BCUT2D eigenvalue weighted by Gasteiger charge is -2.36. The van der Waals surface area contributed by atoms with Gasteiger partial charge in [-0.2, -0.15) is 0 Å². The molecule has 1 aliphatic heterocycles. The molecule has 1 aromatic carbocycles. The first-order valence-corrected chi connectivity index (χ1v) is 9.50. The van der Waals surface area contributed by atoms with E-state index >= 15 is 0 Å². The van der Waals surface area contributed by atoms with Crippen LogP contribution in [0.1, 0.15) is 57.8 Å². The van der Waals surface area contributed by atoms with E-state index in [4.69, 9.17) is 4.74 Å². The van der Waals surface area contributed by atoms with Crippen LogP contribution in [0.3, 0.4) is 0 Å². The SMILES string of the molecule is CC(C)NC(=O)c1ccc(OCC2CCCN(C(=O)C(C)(C)C)C2)cc1. The highest BCUT2D eigenvalue weighted by atomic mass is 16.5. The van der Waals surface area contributed by atoms with Crippen molar-refractivity contribution in [2.45, 2.75) is 53.5 Å². The summed E-state index contributed by atoms with van der Waals surface area (Å²) in [6.07, 6.45) is 2.09. The lowest BCUT2D eigenvalue weighted by Crippen LogP contribution is -2.46. The first-order valence-electron chi connectivity index (χ1n) is 9.50. The number of carbonyl (C=O) groups excluding carboxylic acids is 2. The second-order valence-electron chi connectivity index (χ2n) is 8.47. The Morgan fingerprint density at radius 3 is 2.46 bits per heavy atom. The van der Waals surface area contributed by atoms with Gasteiger partial charge < -0.3 is 15.0 Å². The standard InChI is InChI=1S/C21H32N2O3/c1-15(2)22-19(24)17-8-10-18(11-9-17)26-14-16-7-6-12-23(13-16)20(25)21(3,4)5/h8-11,15-16H,6-7,12-14H2,1-5H3,(H,22,24). The summed E-state index contributed by atoms with van der Waals surface area (Å²) in [5.41, 5.74) is 0.292. The van der Waals surface area contributed by atoms with Gasteiger partial charge in [0.1, 0.15) is 5.75 Å². The predicted octanol–water partition coefficient (Wildman–Crippen LogP) is 3.49. The van der Waals surface area contributed by atoms with Crippen molar-refractivity contribution in [2.75, 3.05) is 19.7 Å². The molecule has 0 saturated carbocycles. The number of rotatable bonds is 5. The molecule has 0 radical (unpaired) electrons. The lowest BCUT2D eigenvalue weighted by molar-refractivity contribution is -0.141. The molecule has 1 fully saturated rings. The Labute approximate surface area is 157 Å². The van der Waals surface area contributed by atoms with E-state index in [2.05, 4.69) is 5.32 Å². The summed E-state index contributed by atoms with van der Waals surface area (Å²) in [5, 5.41) is 2.87. The molecule has 1 aromatic rings. The Balaban J connectivity index is 1.86. The van der Waals surface area contributed by atoms with Crippen LogP contribution in [0.4, 0.5) is 0 Å². The van der Waals surface area contributed by atoms with Crippen LogP contribution in [0.2, 0.25) is 0 Å². The molecule has 1 saturated heterocycles. The van der Waals surface area contributed by atoms with Crippen molar-refractivity contribution in [2.24, 2.45) is 11.3 Å². The van der Waals surface area contributed by atoms with Gasteiger partial charge in [-0.3, -0.25) is 9.59 Å². The fourth-order valence-electron chi connectivity index (χ4n) is 3.12. The minimum Gasteiger partial charge on any atom is -0.493 e. The number of piperidine rings is 1. The van der Waals surface area contributed by atoms with Gasteiger partial charge in [-0.05, 0) is 51.0 Å². The summed E-state index contributed by atoms with van der Waals surface area (Å²) < 4.78 is 5.91. The molecule has 1 N–H and O–H groups in total. The van der Waals surface area contributed by atoms with E-state index < -0.39 is 0 Å². The van der Waals surface area contributed by atoms with Crippen molar-refractivity contribution in [1.82, 2.24) is 10.2 Å². The largest absolute Gasteiger partial charge is 0.493 e. The molecule has 0 aliphatic carbocycles. The number of nitrogens with zero attached hydrogens (tertiary/aromatic N) is 1. The zero-order chi connectivity index (χ0) is 19.3. The molecule has 2 rings (SSSR count). The first-order chi connectivity index (χ1) is 12.2. The fraction of sp³-hybridized carbons (Fsp3) is 0.619. The third-order valence-corrected chi connectivity index (χ3v) is 4.47. The highest BCUT2D eigenvalue weighted by Crippen LogP contribution is 2.24. The van der Waals surface area contributed by atoms with Crippen molar-refractivity contribution in [3.05, 3.63) is 29.8 Å². The molecule has 1 heterocycles. The summed E-state index contributed by atoms with van der Waals surface area (Å²) >= 11 is 0. The summed E-state index contributed by atoms with van der Waals surface area (Å²) in [6.45, 7) is 12.0. The number of amides is 2. The Morgan fingerprint density at radius 2 is 1.88 bits per heavy atom. The summed E-state index contributed by atoms with van der Waals surface area (Å²) in [4.78, 5) is 26.4. The molecule has 2 amide bonds. The van der Waals surface area contributed by atoms with Gasteiger partial charge in [0.15, 0.2) is 0 Å². The van der Waals surface area contributed by atoms with Gasteiger partial charge >= 0.3 is 0 Å². The average molecular weight is 360 g/mol. The molecule has 1 atom stereocenters. The van der Waals surface area contributed by atoms with Crippen molar-refractivity contribution in [3.8, 4) is 5.75 Å². The van der Waals surface area contributed by atoms with Crippen LogP contribution < -0.4 is 10.1 Å². The summed E-state index contributed by atoms with van der Waals surface area (Å²) in [7, 11) is 0. The topological polar surface area (TPSA) is 58.6 Å². The highest BCUT2D eigenvalue weighted by Gasteiger charge is 2.31. The molecule has 0 aromatic heterocycles. The fourth-order valence-corrected chi connectivity index (χ4v) is 3.12. The normalized spacial score (nSPS) is 17.9. The molecule has 0 spiro atoms. The maximum absolute atomic E-state index is 12.5. The van der Waals surface area contributed by atoms with Crippen LogP contribution in [0.15, 0.2) is 24.3 Å². The van der Waals surface area contributed by atoms with Gasteiger partial charge in [-0.25, -0.2) is 0 Å². The van der Waals surface area contributed by atoms with Gasteiger partial charge in [0.05, 0.1) is 6.61 Å². The van der Waals surface area contributed by atoms with Crippen molar-refractivity contribution in [3.63, 3.8) is 0 Å². The van der Waals surface area contributed by atoms with Crippen LogP contribution >= 0.6 is 0 Å². The average Bonchev–Trinajstić information content (AvgIpc) is 2.58. The zero-order valence-electron chi connectivity index (χ0n) is 16.7. The number of benzene rings is 1. The lowest BCUT2D eigenvalue weighted by atomic mass is 9.91. The van der Waals surface area contributed by atoms with Gasteiger partial charge in [0, 0.05) is 36.0 Å². The monoisotopic (exact) mass is 360 g/mol. The Hall–Kier alpha value is -2.04. The van der Waals surface area contributed by atoms with Crippen molar-refractivity contribution >= 4 is 11.8 Å². The highest BCUT2D eigenvalue weighted by molar-refractivity contribution is 5.94. The molecule has 5 nitrogen and oxygen atoms in total. The van der Waals surface area contributed by atoms with Crippen LogP contribution in [0.5, 0.6) is 5.75 Å². The summed E-state index contributed by atoms with van der Waals surface area (Å²) in [6, 6.07) is 7.34.